The van der Waals surface area contributed by atoms with Gasteiger partial charge in [0.15, 0.2) is 5.58 Å². The molecule has 1 aromatic heterocycles. The number of rotatable bonds is 4. The molecule has 3 rings (SSSR count). The zero-order chi connectivity index (χ0) is 18.2. The Kier molecular flexibility index (Phi) is 4.62. The SMILES string of the molecule is CN(Cc1ccc(C(F)(F)F)cc1)Cn1c(=O)oc2cc(Cl)ccc21. The van der Waals surface area contributed by atoms with Gasteiger partial charge in [0.1, 0.15) is 0 Å². The lowest BCUT2D eigenvalue weighted by Gasteiger charge is -2.17. The van der Waals surface area contributed by atoms with Gasteiger partial charge >= 0.3 is 11.9 Å². The van der Waals surface area contributed by atoms with Crippen molar-refractivity contribution >= 4 is 22.7 Å². The molecule has 2 aromatic carbocycles. The number of halogens is 4. The van der Waals surface area contributed by atoms with Crippen LogP contribution in [0.15, 0.2) is 51.7 Å². The monoisotopic (exact) mass is 370 g/mol. The summed E-state index contributed by atoms with van der Waals surface area (Å²) in [6, 6.07) is 9.85. The number of fused-ring (bicyclic) bond motifs is 1. The number of aromatic nitrogens is 1. The third-order valence-corrected chi connectivity index (χ3v) is 3.98. The highest BCUT2D eigenvalue weighted by Gasteiger charge is 2.29. The van der Waals surface area contributed by atoms with E-state index in [2.05, 4.69) is 0 Å². The van der Waals surface area contributed by atoms with Crippen molar-refractivity contribution in [1.82, 2.24) is 9.47 Å². The quantitative estimate of drug-likeness (QED) is 0.685. The second kappa shape index (κ2) is 6.57. The van der Waals surface area contributed by atoms with Gasteiger partial charge in [0, 0.05) is 17.6 Å². The van der Waals surface area contributed by atoms with Crippen molar-refractivity contribution in [3.63, 3.8) is 0 Å². The Morgan fingerprint density at radius 2 is 1.84 bits per heavy atom. The molecule has 0 saturated carbocycles. The van der Waals surface area contributed by atoms with Crippen LogP contribution in [0.3, 0.4) is 0 Å². The molecule has 0 amide bonds. The van der Waals surface area contributed by atoms with E-state index in [1.807, 2.05) is 0 Å². The Bertz CT molecular complexity index is 945. The van der Waals surface area contributed by atoms with Gasteiger partial charge in [-0.15, -0.1) is 0 Å². The van der Waals surface area contributed by atoms with Gasteiger partial charge in [-0.25, -0.2) is 4.79 Å². The maximum atomic E-state index is 12.6. The van der Waals surface area contributed by atoms with Crippen LogP contribution in [-0.2, 0) is 19.4 Å². The minimum atomic E-state index is -4.35. The van der Waals surface area contributed by atoms with Crippen molar-refractivity contribution in [3.8, 4) is 0 Å². The molecule has 132 valence electrons. The molecule has 0 aliphatic heterocycles. The van der Waals surface area contributed by atoms with E-state index in [0.29, 0.717) is 28.2 Å². The van der Waals surface area contributed by atoms with Gasteiger partial charge in [-0.3, -0.25) is 9.47 Å². The molecule has 3 aromatic rings. The van der Waals surface area contributed by atoms with Crippen LogP contribution in [0.25, 0.3) is 11.1 Å². The maximum absolute atomic E-state index is 12.6. The average Bonchev–Trinajstić information content (AvgIpc) is 2.82. The summed E-state index contributed by atoms with van der Waals surface area (Å²) in [6.07, 6.45) is -4.35. The van der Waals surface area contributed by atoms with Crippen LogP contribution in [-0.4, -0.2) is 16.5 Å². The molecule has 0 atom stereocenters. The van der Waals surface area contributed by atoms with Gasteiger partial charge in [0.05, 0.1) is 17.7 Å². The third-order valence-electron chi connectivity index (χ3n) is 3.75. The molecular weight excluding hydrogens is 357 g/mol. The summed E-state index contributed by atoms with van der Waals surface area (Å²) in [4.78, 5) is 13.8. The summed E-state index contributed by atoms with van der Waals surface area (Å²) in [6.45, 7) is 0.610. The fourth-order valence-electron chi connectivity index (χ4n) is 2.58. The normalized spacial score (nSPS) is 12.2. The molecular formula is C17H14ClF3N2O2. The second-order valence-electron chi connectivity index (χ2n) is 5.76. The summed E-state index contributed by atoms with van der Waals surface area (Å²) < 4.78 is 44.4. The molecule has 0 unspecified atom stereocenters. The van der Waals surface area contributed by atoms with E-state index < -0.39 is 17.5 Å². The van der Waals surface area contributed by atoms with Crippen molar-refractivity contribution in [1.29, 1.82) is 0 Å². The van der Waals surface area contributed by atoms with E-state index >= 15 is 0 Å². The molecule has 0 bridgehead atoms. The smallest absolute Gasteiger partial charge is 0.408 e. The Hall–Kier alpha value is -2.25. The number of hydrogen-bond acceptors (Lipinski definition) is 3. The highest BCUT2D eigenvalue weighted by Crippen LogP contribution is 2.29. The van der Waals surface area contributed by atoms with Crippen LogP contribution in [0, 0.1) is 0 Å². The van der Waals surface area contributed by atoms with E-state index in [-0.39, 0.29) is 6.67 Å². The Balaban J connectivity index is 1.76. The Morgan fingerprint density at radius 1 is 1.16 bits per heavy atom. The van der Waals surface area contributed by atoms with Crippen molar-refractivity contribution in [3.05, 3.63) is 69.2 Å². The molecule has 1 heterocycles. The standard InChI is InChI=1S/C17H14ClF3N2O2/c1-22(9-11-2-4-12(5-3-11)17(19,20)21)10-23-14-7-6-13(18)8-15(14)25-16(23)24/h2-8H,9-10H2,1H3. The zero-order valence-electron chi connectivity index (χ0n) is 13.2. The fraction of sp³-hybridized carbons (Fsp3) is 0.235. The van der Waals surface area contributed by atoms with E-state index in [1.54, 1.807) is 30.1 Å². The van der Waals surface area contributed by atoms with Crippen LogP contribution < -0.4 is 5.76 Å². The number of nitrogens with zero attached hydrogens (tertiary/aromatic N) is 2. The predicted octanol–water partition coefficient (Wildman–Crippen LogP) is 4.36. The van der Waals surface area contributed by atoms with E-state index in [0.717, 1.165) is 12.1 Å². The van der Waals surface area contributed by atoms with Crippen molar-refractivity contribution in [2.75, 3.05) is 7.05 Å². The van der Waals surface area contributed by atoms with Crippen LogP contribution in [0.2, 0.25) is 5.02 Å². The largest absolute Gasteiger partial charge is 0.421 e. The van der Waals surface area contributed by atoms with Crippen molar-refractivity contribution in [2.45, 2.75) is 19.4 Å². The summed E-state index contributed by atoms with van der Waals surface area (Å²) in [7, 11) is 1.76. The molecule has 8 heteroatoms. The van der Waals surface area contributed by atoms with Gasteiger partial charge < -0.3 is 4.42 Å². The molecule has 0 aliphatic carbocycles. The summed E-state index contributed by atoms with van der Waals surface area (Å²) in [5.41, 5.74) is 1.02. The molecule has 4 nitrogen and oxygen atoms in total. The van der Waals surface area contributed by atoms with Gasteiger partial charge in [-0.05, 0) is 36.9 Å². The van der Waals surface area contributed by atoms with Gasteiger partial charge in [0.2, 0.25) is 0 Å². The molecule has 0 radical (unpaired) electrons. The van der Waals surface area contributed by atoms with Gasteiger partial charge in [0.25, 0.3) is 0 Å². The third kappa shape index (κ3) is 3.88. The second-order valence-corrected chi connectivity index (χ2v) is 6.19. The molecule has 25 heavy (non-hydrogen) atoms. The first-order chi connectivity index (χ1) is 11.7. The lowest BCUT2D eigenvalue weighted by molar-refractivity contribution is -0.137. The molecule has 0 saturated heterocycles. The summed E-state index contributed by atoms with van der Waals surface area (Å²) >= 11 is 5.88. The Labute approximate surface area is 146 Å². The first-order valence-corrected chi connectivity index (χ1v) is 7.75. The van der Waals surface area contributed by atoms with Crippen LogP contribution in [0.1, 0.15) is 11.1 Å². The highest BCUT2D eigenvalue weighted by atomic mass is 35.5. The minimum Gasteiger partial charge on any atom is -0.408 e. The number of oxazole rings is 1. The fourth-order valence-corrected chi connectivity index (χ4v) is 2.74. The molecule has 0 aliphatic rings. The number of benzene rings is 2. The highest BCUT2D eigenvalue weighted by molar-refractivity contribution is 6.31. The predicted molar refractivity (Wildman–Crippen MR) is 88.4 cm³/mol. The number of alkyl halides is 3. The van der Waals surface area contributed by atoms with Crippen LogP contribution in [0.4, 0.5) is 13.2 Å². The van der Waals surface area contributed by atoms with Crippen molar-refractivity contribution < 1.29 is 17.6 Å². The van der Waals surface area contributed by atoms with E-state index in [1.165, 1.54) is 16.7 Å². The topological polar surface area (TPSA) is 38.4 Å². The van der Waals surface area contributed by atoms with Gasteiger partial charge in [-0.1, -0.05) is 23.7 Å². The van der Waals surface area contributed by atoms with E-state index in [4.69, 9.17) is 16.0 Å². The van der Waals surface area contributed by atoms with Crippen LogP contribution >= 0.6 is 11.6 Å². The van der Waals surface area contributed by atoms with E-state index in [9.17, 15) is 18.0 Å². The van der Waals surface area contributed by atoms with Crippen LogP contribution in [0.5, 0.6) is 0 Å². The molecule has 0 N–H and O–H groups in total. The lowest BCUT2D eigenvalue weighted by atomic mass is 10.1. The first kappa shape index (κ1) is 17.6. The molecule has 0 fully saturated rings. The summed E-state index contributed by atoms with van der Waals surface area (Å²) in [5, 5.41) is 0.464. The summed E-state index contributed by atoms with van der Waals surface area (Å²) in [5.74, 6) is -0.517. The molecule has 0 spiro atoms. The lowest BCUT2D eigenvalue weighted by Crippen LogP contribution is -2.27. The first-order valence-electron chi connectivity index (χ1n) is 7.37. The number of hydrogen-bond donors (Lipinski definition) is 0. The Morgan fingerprint density at radius 3 is 2.48 bits per heavy atom. The average molecular weight is 371 g/mol. The van der Waals surface area contributed by atoms with Gasteiger partial charge in [-0.2, -0.15) is 13.2 Å². The van der Waals surface area contributed by atoms with Crippen molar-refractivity contribution in [2.24, 2.45) is 0 Å². The minimum absolute atomic E-state index is 0.231. The zero-order valence-corrected chi connectivity index (χ0v) is 13.9. The maximum Gasteiger partial charge on any atom is 0.421 e.